The smallest absolute Gasteiger partial charge is 0.0481 e. The average Bonchev–Trinajstić information content (AvgIpc) is 2.50. The third-order valence-corrected chi connectivity index (χ3v) is 4.29. The van der Waals surface area contributed by atoms with Gasteiger partial charge in [-0.15, -0.1) is 0 Å². The highest BCUT2D eigenvalue weighted by Gasteiger charge is 2.27. The van der Waals surface area contributed by atoms with Crippen LogP contribution >= 0.6 is 0 Å². The van der Waals surface area contributed by atoms with Crippen LogP contribution in [0, 0.1) is 0 Å². The number of rotatable bonds is 4. The van der Waals surface area contributed by atoms with E-state index in [4.69, 9.17) is 0 Å². The van der Waals surface area contributed by atoms with E-state index < -0.39 is 0 Å². The van der Waals surface area contributed by atoms with Crippen LogP contribution in [-0.2, 0) is 13.0 Å². The number of likely N-dealkylation sites (N-methyl/N-ethyl adjacent to an activating group) is 1. The molecule has 2 aromatic carbocycles. The van der Waals surface area contributed by atoms with Gasteiger partial charge in [-0.05, 0) is 37.2 Å². The van der Waals surface area contributed by atoms with E-state index in [1.54, 1.807) is 0 Å². The van der Waals surface area contributed by atoms with Crippen molar-refractivity contribution in [1.82, 2.24) is 9.80 Å². The third-order valence-electron chi connectivity index (χ3n) is 4.29. The number of nitrogens with zero attached hydrogens (tertiary/aromatic N) is 2. The summed E-state index contributed by atoms with van der Waals surface area (Å²) in [5, 5.41) is 0. The molecule has 1 atom stereocenters. The molecule has 110 valence electrons. The summed E-state index contributed by atoms with van der Waals surface area (Å²) < 4.78 is 0. The lowest BCUT2D eigenvalue weighted by molar-refractivity contribution is 0.144. The maximum absolute atomic E-state index is 2.62. The first kappa shape index (κ1) is 14.3. The highest BCUT2D eigenvalue weighted by Crippen LogP contribution is 2.31. The van der Waals surface area contributed by atoms with Gasteiger partial charge in [0.1, 0.15) is 0 Å². The molecule has 0 aromatic heterocycles. The number of hydrogen-bond donors (Lipinski definition) is 0. The summed E-state index contributed by atoms with van der Waals surface area (Å²) >= 11 is 0. The van der Waals surface area contributed by atoms with Gasteiger partial charge < -0.3 is 4.90 Å². The first-order chi connectivity index (χ1) is 10.2. The van der Waals surface area contributed by atoms with Crippen molar-refractivity contribution in [2.45, 2.75) is 19.0 Å². The molecule has 1 unspecified atom stereocenters. The van der Waals surface area contributed by atoms with Crippen LogP contribution in [-0.4, -0.2) is 37.0 Å². The van der Waals surface area contributed by atoms with Gasteiger partial charge in [0.05, 0.1) is 0 Å². The summed E-state index contributed by atoms with van der Waals surface area (Å²) in [6.45, 7) is 3.25. The molecular formula is C19H24N2. The first-order valence-electron chi connectivity index (χ1n) is 7.74. The molecule has 0 radical (unpaired) electrons. The zero-order valence-electron chi connectivity index (χ0n) is 13.0. The standard InChI is InChI=1S/C19H24N2/c1-20(2)15-19-18-11-7-6-10-17(18)12-13-21(19)14-16-8-4-3-5-9-16/h3-11,19H,12-15H2,1-2H3. The number of hydrogen-bond acceptors (Lipinski definition) is 2. The van der Waals surface area contributed by atoms with E-state index in [-0.39, 0.29) is 0 Å². The zero-order valence-corrected chi connectivity index (χ0v) is 13.0. The molecule has 1 heterocycles. The Morgan fingerprint density at radius 1 is 1.00 bits per heavy atom. The summed E-state index contributed by atoms with van der Waals surface area (Å²) in [5.41, 5.74) is 4.43. The Morgan fingerprint density at radius 2 is 1.71 bits per heavy atom. The van der Waals surface area contributed by atoms with Gasteiger partial charge in [-0.2, -0.15) is 0 Å². The summed E-state index contributed by atoms with van der Waals surface area (Å²) in [5.74, 6) is 0. The largest absolute Gasteiger partial charge is 0.307 e. The third kappa shape index (κ3) is 3.34. The molecule has 0 saturated carbocycles. The first-order valence-corrected chi connectivity index (χ1v) is 7.74. The molecular weight excluding hydrogens is 256 g/mol. The molecule has 0 N–H and O–H groups in total. The maximum atomic E-state index is 2.62. The second kappa shape index (κ2) is 6.42. The fraction of sp³-hybridized carbons (Fsp3) is 0.368. The average molecular weight is 280 g/mol. The molecule has 0 saturated heterocycles. The van der Waals surface area contributed by atoms with Crippen molar-refractivity contribution >= 4 is 0 Å². The van der Waals surface area contributed by atoms with Gasteiger partial charge in [-0.25, -0.2) is 0 Å². The minimum absolute atomic E-state index is 0.491. The fourth-order valence-electron chi connectivity index (χ4n) is 3.27. The molecule has 0 spiro atoms. The van der Waals surface area contributed by atoms with Crippen LogP contribution in [0.2, 0.25) is 0 Å². The van der Waals surface area contributed by atoms with E-state index in [1.165, 1.54) is 16.7 Å². The lowest BCUT2D eigenvalue weighted by Crippen LogP contribution is -2.40. The van der Waals surface area contributed by atoms with Crippen LogP contribution < -0.4 is 0 Å². The Bertz CT molecular complexity index is 577. The molecule has 0 fully saturated rings. The number of fused-ring (bicyclic) bond motifs is 1. The lowest BCUT2D eigenvalue weighted by atomic mass is 9.92. The number of benzene rings is 2. The van der Waals surface area contributed by atoms with Gasteiger partial charge in [0.25, 0.3) is 0 Å². The molecule has 0 bridgehead atoms. The molecule has 0 amide bonds. The lowest BCUT2D eigenvalue weighted by Gasteiger charge is -2.38. The van der Waals surface area contributed by atoms with Crippen molar-refractivity contribution in [2.75, 3.05) is 27.2 Å². The molecule has 2 heteroatoms. The molecule has 2 aromatic rings. The Morgan fingerprint density at radius 3 is 2.48 bits per heavy atom. The Hall–Kier alpha value is -1.64. The molecule has 3 rings (SSSR count). The highest BCUT2D eigenvalue weighted by molar-refractivity contribution is 5.33. The van der Waals surface area contributed by atoms with E-state index in [0.717, 1.165) is 26.1 Å². The molecule has 1 aliphatic heterocycles. The van der Waals surface area contributed by atoms with Gasteiger partial charge in [0, 0.05) is 25.7 Å². The zero-order chi connectivity index (χ0) is 14.7. The van der Waals surface area contributed by atoms with Gasteiger partial charge in [0.2, 0.25) is 0 Å². The summed E-state index contributed by atoms with van der Waals surface area (Å²) in [6, 6.07) is 20.2. The Labute approximate surface area is 128 Å². The normalized spacial score (nSPS) is 18.7. The van der Waals surface area contributed by atoms with Crippen molar-refractivity contribution < 1.29 is 0 Å². The quantitative estimate of drug-likeness (QED) is 0.847. The van der Waals surface area contributed by atoms with Crippen molar-refractivity contribution in [3.63, 3.8) is 0 Å². The van der Waals surface area contributed by atoms with Crippen molar-refractivity contribution in [3.8, 4) is 0 Å². The van der Waals surface area contributed by atoms with Crippen molar-refractivity contribution in [2.24, 2.45) is 0 Å². The molecule has 2 nitrogen and oxygen atoms in total. The van der Waals surface area contributed by atoms with Crippen molar-refractivity contribution in [1.29, 1.82) is 0 Å². The monoisotopic (exact) mass is 280 g/mol. The fourth-order valence-corrected chi connectivity index (χ4v) is 3.27. The van der Waals surface area contributed by atoms with Gasteiger partial charge in [0.15, 0.2) is 0 Å². The van der Waals surface area contributed by atoms with Gasteiger partial charge in [-0.1, -0.05) is 54.6 Å². The second-order valence-corrected chi connectivity index (χ2v) is 6.18. The second-order valence-electron chi connectivity index (χ2n) is 6.18. The van der Waals surface area contributed by atoms with Crippen LogP contribution in [0.25, 0.3) is 0 Å². The maximum Gasteiger partial charge on any atom is 0.0481 e. The SMILES string of the molecule is CN(C)CC1c2ccccc2CCN1Cc1ccccc1. The van der Waals surface area contributed by atoms with Crippen LogP contribution in [0.1, 0.15) is 22.7 Å². The van der Waals surface area contributed by atoms with Gasteiger partial charge >= 0.3 is 0 Å². The van der Waals surface area contributed by atoms with Crippen molar-refractivity contribution in [3.05, 3.63) is 71.3 Å². The Balaban J connectivity index is 1.86. The molecule has 0 aliphatic carbocycles. The van der Waals surface area contributed by atoms with Crippen LogP contribution in [0.5, 0.6) is 0 Å². The van der Waals surface area contributed by atoms with Crippen LogP contribution in [0.4, 0.5) is 0 Å². The Kier molecular flexibility index (Phi) is 4.37. The van der Waals surface area contributed by atoms with E-state index in [1.807, 2.05) is 0 Å². The minimum atomic E-state index is 0.491. The van der Waals surface area contributed by atoms with E-state index in [2.05, 4.69) is 78.5 Å². The molecule has 21 heavy (non-hydrogen) atoms. The molecule has 1 aliphatic rings. The highest BCUT2D eigenvalue weighted by atomic mass is 15.2. The van der Waals surface area contributed by atoms with Crippen LogP contribution in [0.3, 0.4) is 0 Å². The summed E-state index contributed by atoms with van der Waals surface area (Å²) in [7, 11) is 4.33. The predicted molar refractivity (Wildman–Crippen MR) is 88.3 cm³/mol. The summed E-state index contributed by atoms with van der Waals surface area (Å²) in [6.07, 6.45) is 1.16. The van der Waals surface area contributed by atoms with E-state index in [0.29, 0.717) is 6.04 Å². The van der Waals surface area contributed by atoms with E-state index in [9.17, 15) is 0 Å². The van der Waals surface area contributed by atoms with Crippen LogP contribution in [0.15, 0.2) is 54.6 Å². The van der Waals surface area contributed by atoms with E-state index >= 15 is 0 Å². The topological polar surface area (TPSA) is 6.48 Å². The predicted octanol–water partition coefficient (Wildman–Crippen LogP) is 3.35. The minimum Gasteiger partial charge on any atom is -0.307 e. The summed E-state index contributed by atoms with van der Waals surface area (Å²) in [4.78, 5) is 4.92. The van der Waals surface area contributed by atoms with Gasteiger partial charge in [-0.3, -0.25) is 4.90 Å².